The van der Waals surface area contributed by atoms with E-state index in [2.05, 4.69) is 10.3 Å². The van der Waals surface area contributed by atoms with Crippen LogP contribution in [-0.4, -0.2) is 42.6 Å². The first-order valence-electron chi connectivity index (χ1n) is 9.57. The third-order valence-electron chi connectivity index (χ3n) is 4.43. The second kappa shape index (κ2) is 10.5. The average molecular weight is 432 g/mol. The van der Waals surface area contributed by atoms with Crippen molar-refractivity contribution in [1.29, 1.82) is 0 Å². The SMILES string of the molecule is COc1ccnc(C(=O)NCC(=O)OC(C)Cc2c(C)cc(F)cc2C)c1OC(C)=O. The van der Waals surface area contributed by atoms with E-state index >= 15 is 0 Å². The van der Waals surface area contributed by atoms with E-state index in [1.54, 1.807) is 20.8 Å². The van der Waals surface area contributed by atoms with Crippen LogP contribution in [0.4, 0.5) is 4.39 Å². The van der Waals surface area contributed by atoms with Crippen molar-refractivity contribution in [3.8, 4) is 11.5 Å². The normalized spacial score (nSPS) is 11.4. The summed E-state index contributed by atoms with van der Waals surface area (Å²) < 4.78 is 28.9. The molecule has 9 heteroatoms. The number of esters is 2. The Labute approximate surface area is 179 Å². The highest BCUT2D eigenvalue weighted by Crippen LogP contribution is 2.29. The molecule has 0 aliphatic rings. The number of carbonyl (C=O) groups is 3. The summed E-state index contributed by atoms with van der Waals surface area (Å²) in [4.78, 5) is 39.9. The molecule has 0 spiro atoms. The average Bonchev–Trinajstić information content (AvgIpc) is 2.68. The number of aromatic nitrogens is 1. The molecule has 31 heavy (non-hydrogen) atoms. The van der Waals surface area contributed by atoms with Crippen LogP contribution in [0.5, 0.6) is 11.5 Å². The molecule has 0 aliphatic heterocycles. The summed E-state index contributed by atoms with van der Waals surface area (Å²) in [6.45, 7) is 6.06. The first kappa shape index (κ1) is 23.8. The molecule has 1 amide bonds. The molecular formula is C22H25FN2O6. The number of carbonyl (C=O) groups excluding carboxylic acids is 3. The summed E-state index contributed by atoms with van der Waals surface area (Å²) >= 11 is 0. The summed E-state index contributed by atoms with van der Waals surface area (Å²) in [5.74, 6) is -2.35. The first-order chi connectivity index (χ1) is 14.6. The number of hydrogen-bond acceptors (Lipinski definition) is 7. The number of nitrogens with one attached hydrogen (secondary N) is 1. The predicted molar refractivity (Wildman–Crippen MR) is 110 cm³/mol. The van der Waals surface area contributed by atoms with Crippen molar-refractivity contribution in [3.63, 3.8) is 0 Å². The molecule has 1 N–H and O–H groups in total. The van der Waals surface area contributed by atoms with Gasteiger partial charge in [0.05, 0.1) is 7.11 Å². The number of ether oxygens (including phenoxy) is 3. The van der Waals surface area contributed by atoms with Crippen LogP contribution in [0.3, 0.4) is 0 Å². The summed E-state index contributed by atoms with van der Waals surface area (Å²) in [6, 6.07) is 4.29. The molecule has 1 aromatic heterocycles. The van der Waals surface area contributed by atoms with Gasteiger partial charge in [0, 0.05) is 25.6 Å². The Kier molecular flexibility index (Phi) is 8.07. The predicted octanol–water partition coefficient (Wildman–Crippen LogP) is 2.68. The van der Waals surface area contributed by atoms with E-state index in [1.165, 1.54) is 38.4 Å². The maximum absolute atomic E-state index is 13.5. The summed E-state index contributed by atoms with van der Waals surface area (Å²) in [5.41, 5.74) is 2.25. The maximum atomic E-state index is 13.5. The van der Waals surface area contributed by atoms with Gasteiger partial charge in [-0.15, -0.1) is 0 Å². The number of pyridine rings is 1. The van der Waals surface area contributed by atoms with E-state index < -0.39 is 30.5 Å². The quantitative estimate of drug-likeness (QED) is 0.640. The molecule has 0 fully saturated rings. The zero-order valence-electron chi connectivity index (χ0n) is 18.1. The summed E-state index contributed by atoms with van der Waals surface area (Å²) in [7, 11) is 1.35. The number of amides is 1. The lowest BCUT2D eigenvalue weighted by Crippen LogP contribution is -2.33. The molecule has 0 saturated carbocycles. The fourth-order valence-corrected chi connectivity index (χ4v) is 3.09. The molecule has 0 bridgehead atoms. The van der Waals surface area contributed by atoms with Gasteiger partial charge in [0.25, 0.3) is 5.91 Å². The van der Waals surface area contributed by atoms with Gasteiger partial charge in [0.1, 0.15) is 18.5 Å². The van der Waals surface area contributed by atoms with Crippen LogP contribution in [0, 0.1) is 19.7 Å². The van der Waals surface area contributed by atoms with E-state index in [0.717, 1.165) is 16.7 Å². The Bertz CT molecular complexity index is 969. The van der Waals surface area contributed by atoms with Crippen LogP contribution >= 0.6 is 0 Å². The first-order valence-corrected chi connectivity index (χ1v) is 9.57. The number of methoxy groups -OCH3 is 1. The number of rotatable bonds is 8. The van der Waals surface area contributed by atoms with Crippen molar-refractivity contribution in [3.05, 3.63) is 52.6 Å². The Balaban J connectivity index is 1.99. The maximum Gasteiger partial charge on any atom is 0.325 e. The van der Waals surface area contributed by atoms with E-state index in [1.807, 2.05) is 0 Å². The molecule has 1 unspecified atom stereocenters. The lowest BCUT2D eigenvalue weighted by Gasteiger charge is -2.17. The van der Waals surface area contributed by atoms with E-state index in [4.69, 9.17) is 14.2 Å². The van der Waals surface area contributed by atoms with Crippen LogP contribution in [-0.2, 0) is 20.7 Å². The van der Waals surface area contributed by atoms with Crippen LogP contribution in [0.15, 0.2) is 24.4 Å². The van der Waals surface area contributed by atoms with Gasteiger partial charge < -0.3 is 19.5 Å². The minimum absolute atomic E-state index is 0.140. The monoisotopic (exact) mass is 432 g/mol. The van der Waals surface area contributed by atoms with Gasteiger partial charge in [-0.3, -0.25) is 14.4 Å². The van der Waals surface area contributed by atoms with Crippen molar-refractivity contribution < 1.29 is 33.0 Å². The van der Waals surface area contributed by atoms with E-state index in [9.17, 15) is 18.8 Å². The number of halogens is 1. The molecule has 8 nitrogen and oxygen atoms in total. The largest absolute Gasteiger partial charge is 0.493 e. The molecule has 0 radical (unpaired) electrons. The second-order valence-electron chi connectivity index (χ2n) is 6.99. The number of nitrogens with zero attached hydrogens (tertiary/aromatic N) is 1. The smallest absolute Gasteiger partial charge is 0.325 e. The third-order valence-corrected chi connectivity index (χ3v) is 4.43. The molecule has 2 aromatic rings. The van der Waals surface area contributed by atoms with Crippen LogP contribution in [0.2, 0.25) is 0 Å². The lowest BCUT2D eigenvalue weighted by atomic mass is 9.97. The Morgan fingerprint density at radius 2 is 1.84 bits per heavy atom. The topological polar surface area (TPSA) is 104 Å². The molecule has 1 heterocycles. The summed E-state index contributed by atoms with van der Waals surface area (Å²) in [5, 5.41) is 2.39. The van der Waals surface area contributed by atoms with Crippen LogP contribution < -0.4 is 14.8 Å². The van der Waals surface area contributed by atoms with Gasteiger partial charge >= 0.3 is 11.9 Å². The molecule has 0 saturated heterocycles. The van der Waals surface area contributed by atoms with Crippen LogP contribution in [0.25, 0.3) is 0 Å². The summed E-state index contributed by atoms with van der Waals surface area (Å²) in [6.07, 6.45) is 1.24. The fraction of sp³-hybridized carbons (Fsp3) is 0.364. The van der Waals surface area contributed by atoms with Gasteiger partial charge in [-0.25, -0.2) is 9.37 Å². The molecular weight excluding hydrogens is 407 g/mol. The van der Waals surface area contributed by atoms with Crippen molar-refractivity contribution in [2.75, 3.05) is 13.7 Å². The zero-order chi connectivity index (χ0) is 23.1. The molecule has 166 valence electrons. The highest BCUT2D eigenvalue weighted by molar-refractivity contribution is 5.98. The zero-order valence-corrected chi connectivity index (χ0v) is 18.1. The van der Waals surface area contributed by atoms with Gasteiger partial charge in [-0.1, -0.05) is 0 Å². The Hall–Kier alpha value is -3.49. The van der Waals surface area contributed by atoms with E-state index in [0.29, 0.717) is 6.42 Å². The highest BCUT2D eigenvalue weighted by atomic mass is 19.1. The Morgan fingerprint density at radius 3 is 2.42 bits per heavy atom. The highest BCUT2D eigenvalue weighted by Gasteiger charge is 2.22. The van der Waals surface area contributed by atoms with Gasteiger partial charge in [0.2, 0.25) is 5.75 Å². The minimum Gasteiger partial charge on any atom is -0.493 e. The van der Waals surface area contributed by atoms with E-state index in [-0.39, 0.29) is 23.0 Å². The molecule has 1 atom stereocenters. The molecule has 1 aromatic carbocycles. The second-order valence-corrected chi connectivity index (χ2v) is 6.99. The lowest BCUT2D eigenvalue weighted by molar-refractivity contribution is -0.146. The molecule has 2 rings (SSSR count). The van der Waals surface area contributed by atoms with Crippen molar-refractivity contribution in [1.82, 2.24) is 10.3 Å². The van der Waals surface area contributed by atoms with Crippen LogP contribution in [0.1, 0.15) is 41.0 Å². The number of hydrogen-bond donors (Lipinski definition) is 1. The van der Waals surface area contributed by atoms with Gasteiger partial charge in [-0.05, 0) is 49.6 Å². The standard InChI is InChI=1S/C22H25FN2O6/c1-12-8-16(23)9-13(2)17(12)10-14(3)30-19(27)11-25-22(28)20-21(31-15(4)26)18(29-5)6-7-24-20/h6-9,14H,10-11H2,1-5H3,(H,25,28). The third kappa shape index (κ3) is 6.50. The fourth-order valence-electron chi connectivity index (χ4n) is 3.09. The van der Waals surface area contributed by atoms with Gasteiger partial charge in [0.15, 0.2) is 11.4 Å². The van der Waals surface area contributed by atoms with Crippen molar-refractivity contribution >= 4 is 17.8 Å². The Morgan fingerprint density at radius 1 is 1.19 bits per heavy atom. The molecule has 0 aliphatic carbocycles. The number of aryl methyl sites for hydroxylation is 2. The minimum atomic E-state index is -0.732. The van der Waals surface area contributed by atoms with Crippen molar-refractivity contribution in [2.24, 2.45) is 0 Å². The van der Waals surface area contributed by atoms with Crippen molar-refractivity contribution in [2.45, 2.75) is 40.2 Å². The number of benzene rings is 1. The van der Waals surface area contributed by atoms with Gasteiger partial charge in [-0.2, -0.15) is 0 Å².